The van der Waals surface area contributed by atoms with E-state index in [1.54, 1.807) is 7.11 Å². The van der Waals surface area contributed by atoms with Gasteiger partial charge in [-0.25, -0.2) is 0 Å². The van der Waals surface area contributed by atoms with Crippen molar-refractivity contribution >= 4 is 5.91 Å². The third kappa shape index (κ3) is 3.95. The lowest BCUT2D eigenvalue weighted by molar-refractivity contribution is -0.131. The Balaban J connectivity index is 1.56. The highest BCUT2D eigenvalue weighted by atomic mass is 16.5. The van der Waals surface area contributed by atoms with Gasteiger partial charge in [-0.2, -0.15) is 0 Å². The van der Waals surface area contributed by atoms with Gasteiger partial charge in [0.2, 0.25) is 5.91 Å². The lowest BCUT2D eigenvalue weighted by Gasteiger charge is -2.46. The predicted octanol–water partition coefficient (Wildman–Crippen LogP) is 4.27. The quantitative estimate of drug-likeness (QED) is 0.829. The van der Waals surface area contributed by atoms with E-state index < -0.39 is 5.41 Å². The van der Waals surface area contributed by atoms with Crippen LogP contribution in [-0.4, -0.2) is 31.0 Å². The molecule has 0 aliphatic carbocycles. The molecule has 0 saturated carbocycles. The van der Waals surface area contributed by atoms with E-state index in [0.717, 1.165) is 62.3 Å². The highest BCUT2D eigenvalue weighted by Crippen LogP contribution is 2.46. The molecule has 2 heterocycles. The molecule has 1 amide bonds. The van der Waals surface area contributed by atoms with Gasteiger partial charge in [0.1, 0.15) is 5.75 Å². The normalized spacial score (nSPS) is 23.6. The summed E-state index contributed by atoms with van der Waals surface area (Å²) in [4.78, 5) is 15.9. The van der Waals surface area contributed by atoms with Crippen molar-refractivity contribution in [2.75, 3.05) is 20.2 Å². The second-order valence-corrected chi connectivity index (χ2v) is 8.30. The van der Waals surface area contributed by atoms with Gasteiger partial charge in [-0.05, 0) is 68.0 Å². The van der Waals surface area contributed by atoms with Gasteiger partial charge >= 0.3 is 0 Å². The van der Waals surface area contributed by atoms with Crippen molar-refractivity contribution in [1.82, 2.24) is 10.2 Å². The summed E-state index contributed by atoms with van der Waals surface area (Å²) in [5.41, 5.74) is 2.74. The molecule has 4 nitrogen and oxygen atoms in total. The van der Waals surface area contributed by atoms with Gasteiger partial charge in [-0.15, -0.1) is 0 Å². The first-order valence-corrected chi connectivity index (χ1v) is 10.5. The zero-order valence-electron chi connectivity index (χ0n) is 17.2. The number of carbonyl (C=O) groups is 1. The first kappa shape index (κ1) is 19.7. The zero-order chi connectivity index (χ0) is 20.3. The van der Waals surface area contributed by atoms with Crippen molar-refractivity contribution in [3.63, 3.8) is 0 Å². The van der Waals surface area contributed by atoms with Gasteiger partial charge in [0.15, 0.2) is 0 Å². The summed E-state index contributed by atoms with van der Waals surface area (Å²) in [5, 5.41) is 3.07. The average molecular weight is 391 g/mol. The molecule has 29 heavy (non-hydrogen) atoms. The second-order valence-electron chi connectivity index (χ2n) is 8.30. The van der Waals surface area contributed by atoms with Gasteiger partial charge in [-0.1, -0.05) is 49.0 Å². The number of piperidine rings is 2. The van der Waals surface area contributed by atoms with E-state index in [0.29, 0.717) is 5.92 Å². The number of nitrogens with one attached hydrogen (secondary N) is 1. The highest BCUT2D eigenvalue weighted by Gasteiger charge is 2.49. The van der Waals surface area contributed by atoms with Crippen LogP contribution in [0.5, 0.6) is 5.75 Å². The minimum Gasteiger partial charge on any atom is -0.497 e. The fourth-order valence-corrected chi connectivity index (χ4v) is 5.02. The molecule has 1 unspecified atom stereocenters. The van der Waals surface area contributed by atoms with E-state index in [-0.39, 0.29) is 5.91 Å². The topological polar surface area (TPSA) is 41.6 Å². The largest absolute Gasteiger partial charge is 0.497 e. The Labute approximate surface area is 173 Å². The molecule has 0 spiro atoms. The maximum absolute atomic E-state index is 13.4. The Morgan fingerprint density at radius 1 is 1.14 bits per heavy atom. The number of hydrogen-bond acceptors (Lipinski definition) is 3. The molecule has 2 saturated heterocycles. The Morgan fingerprint density at radius 3 is 2.59 bits per heavy atom. The van der Waals surface area contributed by atoms with E-state index in [2.05, 4.69) is 53.2 Å². The summed E-state index contributed by atoms with van der Waals surface area (Å²) in [7, 11) is 1.68. The summed E-state index contributed by atoms with van der Waals surface area (Å²) in [6.45, 7) is 7.00. The monoisotopic (exact) mass is 390 g/mol. The van der Waals surface area contributed by atoms with Gasteiger partial charge in [0.25, 0.3) is 0 Å². The van der Waals surface area contributed by atoms with Crippen LogP contribution in [0.15, 0.2) is 66.9 Å². The van der Waals surface area contributed by atoms with Crippen LogP contribution in [0.1, 0.15) is 36.8 Å². The number of nitrogens with zero attached hydrogens (tertiary/aromatic N) is 1. The fourth-order valence-electron chi connectivity index (χ4n) is 5.02. The minimum absolute atomic E-state index is 0.100. The Bertz CT molecular complexity index is 871. The third-order valence-corrected chi connectivity index (χ3v) is 6.63. The zero-order valence-corrected chi connectivity index (χ0v) is 17.2. The Hall–Kier alpha value is -2.59. The lowest BCUT2D eigenvalue weighted by Crippen LogP contribution is -2.54. The van der Waals surface area contributed by atoms with Crippen LogP contribution in [0, 0.1) is 5.92 Å². The average Bonchev–Trinajstić information content (AvgIpc) is 2.76. The van der Waals surface area contributed by atoms with E-state index in [1.165, 1.54) is 5.56 Å². The molecule has 1 atom stereocenters. The number of amides is 1. The molecule has 4 heteroatoms. The summed E-state index contributed by atoms with van der Waals surface area (Å²) in [5.74, 6) is 1.22. The standard InChI is InChI=1S/C25H30N2O2/c1-19-11-14-25(24(28)26-19,22-9-6-10-23(17-22)29-2)21-12-15-27(16-13-21)18-20-7-4-3-5-8-20/h3-10,17,21H,1,11-16,18H2,2H3,(H,26,28). The van der Waals surface area contributed by atoms with Gasteiger partial charge in [0.05, 0.1) is 12.5 Å². The molecule has 2 fully saturated rings. The van der Waals surface area contributed by atoms with E-state index in [4.69, 9.17) is 4.74 Å². The summed E-state index contributed by atoms with van der Waals surface area (Å²) >= 11 is 0. The van der Waals surface area contributed by atoms with Crippen LogP contribution < -0.4 is 10.1 Å². The highest BCUT2D eigenvalue weighted by molar-refractivity contribution is 5.91. The molecule has 2 aromatic rings. The van der Waals surface area contributed by atoms with E-state index in [1.807, 2.05) is 18.2 Å². The van der Waals surface area contributed by atoms with Crippen molar-refractivity contribution in [2.24, 2.45) is 5.92 Å². The van der Waals surface area contributed by atoms with E-state index in [9.17, 15) is 4.79 Å². The Kier molecular flexibility index (Phi) is 5.72. The van der Waals surface area contributed by atoms with Crippen LogP contribution in [0.25, 0.3) is 0 Å². The SMILES string of the molecule is C=C1CCC(c2cccc(OC)c2)(C2CCN(Cc3ccccc3)CC2)C(=O)N1. The molecule has 152 valence electrons. The predicted molar refractivity (Wildman–Crippen MR) is 116 cm³/mol. The number of likely N-dealkylation sites (tertiary alicyclic amines) is 1. The number of methoxy groups -OCH3 is 1. The lowest BCUT2D eigenvalue weighted by atomic mass is 9.62. The maximum atomic E-state index is 13.4. The van der Waals surface area contributed by atoms with Crippen molar-refractivity contribution in [3.05, 3.63) is 78.0 Å². The molecular weight excluding hydrogens is 360 g/mol. The smallest absolute Gasteiger partial charge is 0.235 e. The molecule has 2 aromatic carbocycles. The van der Waals surface area contributed by atoms with Crippen molar-refractivity contribution in [1.29, 1.82) is 0 Å². The van der Waals surface area contributed by atoms with E-state index >= 15 is 0 Å². The summed E-state index contributed by atoms with van der Waals surface area (Å²) in [6.07, 6.45) is 3.68. The van der Waals surface area contributed by atoms with Crippen LogP contribution in [0.4, 0.5) is 0 Å². The number of carbonyl (C=O) groups excluding carboxylic acids is 1. The number of benzene rings is 2. The molecule has 0 aromatic heterocycles. The first-order valence-electron chi connectivity index (χ1n) is 10.5. The van der Waals surface area contributed by atoms with Crippen molar-refractivity contribution < 1.29 is 9.53 Å². The molecular formula is C25H30N2O2. The van der Waals surface area contributed by atoms with Crippen LogP contribution in [-0.2, 0) is 16.8 Å². The third-order valence-electron chi connectivity index (χ3n) is 6.63. The van der Waals surface area contributed by atoms with Gasteiger partial charge in [0, 0.05) is 12.2 Å². The molecule has 0 radical (unpaired) electrons. The first-order chi connectivity index (χ1) is 14.1. The molecule has 1 N–H and O–H groups in total. The Morgan fingerprint density at radius 2 is 1.90 bits per heavy atom. The number of hydrogen-bond donors (Lipinski definition) is 1. The summed E-state index contributed by atoms with van der Waals surface area (Å²) < 4.78 is 5.46. The maximum Gasteiger partial charge on any atom is 0.235 e. The molecule has 0 bridgehead atoms. The number of allylic oxidation sites excluding steroid dienone is 1. The molecule has 4 rings (SSSR count). The van der Waals surface area contributed by atoms with Crippen molar-refractivity contribution in [3.8, 4) is 5.75 Å². The fraction of sp³-hybridized carbons (Fsp3) is 0.400. The van der Waals surface area contributed by atoms with Gasteiger partial charge < -0.3 is 10.1 Å². The molecule has 2 aliphatic heterocycles. The minimum atomic E-state index is -0.505. The number of ether oxygens (including phenoxy) is 1. The summed E-state index contributed by atoms with van der Waals surface area (Å²) in [6, 6.07) is 18.7. The van der Waals surface area contributed by atoms with Crippen LogP contribution >= 0.6 is 0 Å². The molecule has 2 aliphatic rings. The van der Waals surface area contributed by atoms with Crippen LogP contribution in [0.2, 0.25) is 0 Å². The second kappa shape index (κ2) is 8.42. The number of rotatable bonds is 5. The van der Waals surface area contributed by atoms with Crippen LogP contribution in [0.3, 0.4) is 0 Å². The van der Waals surface area contributed by atoms with Crippen molar-refractivity contribution in [2.45, 2.75) is 37.6 Å². The van der Waals surface area contributed by atoms with Gasteiger partial charge in [-0.3, -0.25) is 9.69 Å².